The molecule has 3 aromatic rings. The number of halogens is 1. The highest BCUT2D eigenvalue weighted by molar-refractivity contribution is 5.85. The van der Waals surface area contributed by atoms with Crippen molar-refractivity contribution < 1.29 is 9.52 Å². The van der Waals surface area contributed by atoms with Crippen molar-refractivity contribution in [2.45, 2.75) is 6.61 Å². The number of nitrogens with zero attached hydrogens (tertiary/aromatic N) is 1. The highest BCUT2D eigenvalue weighted by atomic mass is 35.5. The first-order valence-corrected chi connectivity index (χ1v) is 6.33. The summed E-state index contributed by atoms with van der Waals surface area (Å²) in [5.74, 6) is 0.714. The lowest BCUT2D eigenvalue weighted by Gasteiger charge is -2.03. The van der Waals surface area contributed by atoms with E-state index in [1.54, 1.807) is 6.20 Å². The predicted octanol–water partition coefficient (Wildman–Crippen LogP) is 4.00. The van der Waals surface area contributed by atoms with E-state index in [2.05, 4.69) is 10.3 Å². The van der Waals surface area contributed by atoms with Gasteiger partial charge in [0.1, 0.15) is 0 Å². The van der Waals surface area contributed by atoms with Crippen LogP contribution in [0.25, 0.3) is 11.3 Å². The normalized spacial score (nSPS) is 9.95. The van der Waals surface area contributed by atoms with Crippen LogP contribution < -0.4 is 5.32 Å². The van der Waals surface area contributed by atoms with Gasteiger partial charge in [0.25, 0.3) is 6.01 Å². The monoisotopic (exact) mass is 302 g/mol. The Hall–Kier alpha value is -2.30. The maximum atomic E-state index is 9.11. The lowest BCUT2D eigenvalue weighted by Crippen LogP contribution is -1.91. The van der Waals surface area contributed by atoms with E-state index in [0.29, 0.717) is 11.8 Å². The number of oxazole rings is 1. The van der Waals surface area contributed by atoms with E-state index in [9.17, 15) is 0 Å². The Balaban J connectivity index is 0.00000161. The van der Waals surface area contributed by atoms with Crippen LogP contribution in [-0.4, -0.2) is 10.1 Å². The predicted molar refractivity (Wildman–Crippen MR) is 84.8 cm³/mol. The summed E-state index contributed by atoms with van der Waals surface area (Å²) in [5, 5.41) is 12.2. The molecule has 0 fully saturated rings. The van der Waals surface area contributed by atoms with Crippen molar-refractivity contribution in [2.24, 2.45) is 0 Å². The van der Waals surface area contributed by atoms with Gasteiger partial charge in [0.2, 0.25) is 0 Å². The largest absolute Gasteiger partial charge is 0.423 e. The number of aromatic nitrogens is 1. The Kier molecular flexibility index (Phi) is 4.98. The SMILES string of the molecule is Cl.OCc1cccc(Nc2ncc(-c3ccccc3)o2)c1. The van der Waals surface area contributed by atoms with E-state index in [4.69, 9.17) is 9.52 Å². The minimum absolute atomic E-state index is 0. The molecule has 0 amide bonds. The minimum atomic E-state index is 0. The molecular weight excluding hydrogens is 288 g/mol. The topological polar surface area (TPSA) is 58.3 Å². The molecule has 0 unspecified atom stereocenters. The molecule has 0 aliphatic rings. The molecular formula is C16H15ClN2O2. The average Bonchev–Trinajstić information content (AvgIpc) is 2.97. The number of aliphatic hydroxyl groups excluding tert-OH is 1. The van der Waals surface area contributed by atoms with Crippen molar-refractivity contribution in [1.82, 2.24) is 4.98 Å². The van der Waals surface area contributed by atoms with E-state index in [1.807, 2.05) is 54.6 Å². The molecule has 0 aliphatic carbocycles. The molecule has 0 saturated heterocycles. The van der Waals surface area contributed by atoms with Crippen LogP contribution in [0.15, 0.2) is 65.2 Å². The zero-order valence-corrected chi connectivity index (χ0v) is 12.0. The first-order valence-electron chi connectivity index (χ1n) is 6.33. The van der Waals surface area contributed by atoms with Gasteiger partial charge in [0, 0.05) is 11.3 Å². The molecule has 108 valence electrons. The van der Waals surface area contributed by atoms with Crippen molar-refractivity contribution in [1.29, 1.82) is 0 Å². The molecule has 3 rings (SSSR count). The molecule has 2 N–H and O–H groups in total. The van der Waals surface area contributed by atoms with E-state index < -0.39 is 0 Å². The highest BCUT2D eigenvalue weighted by Crippen LogP contribution is 2.24. The quantitative estimate of drug-likeness (QED) is 0.765. The van der Waals surface area contributed by atoms with Crippen LogP contribution in [0, 0.1) is 0 Å². The molecule has 2 aromatic carbocycles. The smallest absolute Gasteiger partial charge is 0.299 e. The molecule has 21 heavy (non-hydrogen) atoms. The van der Waals surface area contributed by atoms with Crippen molar-refractivity contribution in [3.63, 3.8) is 0 Å². The van der Waals surface area contributed by atoms with Crippen LogP contribution in [0.5, 0.6) is 0 Å². The second-order valence-corrected chi connectivity index (χ2v) is 4.38. The molecule has 1 heterocycles. The third kappa shape index (κ3) is 3.62. The van der Waals surface area contributed by atoms with Crippen LogP contribution >= 0.6 is 12.4 Å². The molecule has 0 spiro atoms. The molecule has 0 aliphatic heterocycles. The average molecular weight is 303 g/mol. The zero-order valence-electron chi connectivity index (χ0n) is 11.2. The number of nitrogens with one attached hydrogen (secondary N) is 1. The standard InChI is InChI=1S/C16H14N2O2.ClH/c19-11-12-5-4-8-14(9-12)18-16-17-10-15(20-16)13-6-2-1-3-7-13;/h1-10,19H,11H2,(H,17,18);1H. The fraction of sp³-hybridized carbons (Fsp3) is 0.0625. The fourth-order valence-electron chi connectivity index (χ4n) is 1.94. The van der Waals surface area contributed by atoms with Gasteiger partial charge in [-0.3, -0.25) is 0 Å². The Morgan fingerprint density at radius 1 is 1.05 bits per heavy atom. The molecule has 4 nitrogen and oxygen atoms in total. The summed E-state index contributed by atoms with van der Waals surface area (Å²) in [6.07, 6.45) is 1.69. The van der Waals surface area contributed by atoms with Crippen LogP contribution in [-0.2, 0) is 6.61 Å². The number of benzene rings is 2. The maximum Gasteiger partial charge on any atom is 0.299 e. The number of rotatable bonds is 4. The van der Waals surface area contributed by atoms with Gasteiger partial charge in [0.05, 0.1) is 12.8 Å². The highest BCUT2D eigenvalue weighted by Gasteiger charge is 2.06. The van der Waals surface area contributed by atoms with Crippen molar-refractivity contribution in [2.75, 3.05) is 5.32 Å². The van der Waals surface area contributed by atoms with Crippen molar-refractivity contribution in [3.05, 3.63) is 66.4 Å². The van der Waals surface area contributed by atoms with Gasteiger partial charge in [0.15, 0.2) is 5.76 Å². The fourth-order valence-corrected chi connectivity index (χ4v) is 1.94. The van der Waals surface area contributed by atoms with Gasteiger partial charge in [-0.1, -0.05) is 42.5 Å². The third-order valence-corrected chi connectivity index (χ3v) is 2.92. The molecule has 0 bridgehead atoms. The van der Waals surface area contributed by atoms with Gasteiger partial charge in [-0.25, -0.2) is 4.98 Å². The second kappa shape index (κ2) is 6.92. The zero-order chi connectivity index (χ0) is 13.8. The summed E-state index contributed by atoms with van der Waals surface area (Å²) in [6, 6.07) is 17.7. The summed E-state index contributed by atoms with van der Waals surface area (Å²) < 4.78 is 5.66. The van der Waals surface area contributed by atoms with Crippen LogP contribution in [0.4, 0.5) is 11.7 Å². The van der Waals surface area contributed by atoms with Gasteiger partial charge >= 0.3 is 0 Å². The Morgan fingerprint density at radius 3 is 2.62 bits per heavy atom. The van der Waals surface area contributed by atoms with E-state index >= 15 is 0 Å². The van der Waals surface area contributed by atoms with E-state index in [0.717, 1.165) is 16.8 Å². The minimum Gasteiger partial charge on any atom is -0.423 e. The summed E-state index contributed by atoms with van der Waals surface area (Å²) >= 11 is 0. The lowest BCUT2D eigenvalue weighted by atomic mass is 10.2. The summed E-state index contributed by atoms with van der Waals surface area (Å²) in [7, 11) is 0. The number of anilines is 2. The van der Waals surface area contributed by atoms with Gasteiger partial charge in [-0.05, 0) is 17.7 Å². The molecule has 0 saturated carbocycles. The van der Waals surface area contributed by atoms with Gasteiger partial charge in [-0.2, -0.15) is 0 Å². The lowest BCUT2D eigenvalue weighted by molar-refractivity contribution is 0.282. The van der Waals surface area contributed by atoms with Crippen LogP contribution in [0.3, 0.4) is 0 Å². The Labute approximate surface area is 128 Å². The molecule has 0 radical (unpaired) electrons. The Morgan fingerprint density at radius 2 is 1.86 bits per heavy atom. The summed E-state index contributed by atoms with van der Waals surface area (Å²) in [6.45, 7) is 0.0103. The van der Waals surface area contributed by atoms with Crippen LogP contribution in [0.2, 0.25) is 0 Å². The van der Waals surface area contributed by atoms with Crippen molar-refractivity contribution in [3.8, 4) is 11.3 Å². The van der Waals surface area contributed by atoms with Crippen molar-refractivity contribution >= 4 is 24.1 Å². The number of hydrogen-bond acceptors (Lipinski definition) is 4. The maximum absolute atomic E-state index is 9.11. The molecule has 1 aromatic heterocycles. The number of hydrogen-bond donors (Lipinski definition) is 2. The van der Waals surface area contributed by atoms with Gasteiger partial charge in [-0.15, -0.1) is 12.4 Å². The van der Waals surface area contributed by atoms with E-state index in [-0.39, 0.29) is 19.0 Å². The van der Waals surface area contributed by atoms with E-state index in [1.165, 1.54) is 0 Å². The Bertz CT molecular complexity index is 698. The molecule has 0 atom stereocenters. The summed E-state index contributed by atoms with van der Waals surface area (Å²) in [5.41, 5.74) is 2.65. The van der Waals surface area contributed by atoms with Crippen LogP contribution in [0.1, 0.15) is 5.56 Å². The second-order valence-electron chi connectivity index (χ2n) is 4.38. The first-order chi connectivity index (χ1) is 9.85. The van der Waals surface area contributed by atoms with Gasteiger partial charge < -0.3 is 14.8 Å². The number of aliphatic hydroxyl groups is 1. The first kappa shape index (κ1) is 15.1. The summed E-state index contributed by atoms with van der Waals surface area (Å²) in [4.78, 5) is 4.20. The molecule has 5 heteroatoms. The third-order valence-electron chi connectivity index (χ3n) is 2.92.